The van der Waals surface area contributed by atoms with Crippen molar-refractivity contribution in [2.45, 2.75) is 27.3 Å². The van der Waals surface area contributed by atoms with Gasteiger partial charge in [0, 0.05) is 22.9 Å². The third kappa shape index (κ3) is 5.77. The Morgan fingerprint density at radius 1 is 1.03 bits per heavy atom. The highest BCUT2D eigenvalue weighted by Gasteiger charge is 2.09. The zero-order chi connectivity index (χ0) is 21.7. The van der Waals surface area contributed by atoms with Crippen LogP contribution in [0.2, 0.25) is 5.02 Å². The first-order valence-corrected chi connectivity index (χ1v) is 10.8. The van der Waals surface area contributed by atoms with Crippen LogP contribution in [0.5, 0.6) is 5.75 Å². The minimum absolute atomic E-state index is 0.0643. The molecule has 6 heteroatoms. The van der Waals surface area contributed by atoms with Crippen molar-refractivity contribution in [3.63, 3.8) is 0 Å². The Morgan fingerprint density at radius 3 is 2.57 bits per heavy atom. The molecule has 0 heterocycles. The average molecular weight is 488 g/mol. The van der Waals surface area contributed by atoms with Crippen LogP contribution >= 0.6 is 27.5 Å². The van der Waals surface area contributed by atoms with Crippen molar-refractivity contribution in [3.05, 3.63) is 86.3 Å². The zero-order valence-corrected chi connectivity index (χ0v) is 19.5. The molecule has 1 amide bonds. The number of carbonyl (C=O) groups is 1. The number of halogens is 2. The predicted molar refractivity (Wildman–Crippen MR) is 128 cm³/mol. The fourth-order valence-corrected chi connectivity index (χ4v) is 3.77. The molecular formula is C24H24BrClN2O2. The van der Waals surface area contributed by atoms with E-state index in [4.69, 9.17) is 16.3 Å². The molecule has 0 aromatic heterocycles. The van der Waals surface area contributed by atoms with Crippen LogP contribution in [-0.2, 0) is 11.3 Å². The van der Waals surface area contributed by atoms with Gasteiger partial charge in [-0.25, -0.2) is 0 Å². The molecule has 3 aromatic rings. The van der Waals surface area contributed by atoms with Crippen LogP contribution in [0.3, 0.4) is 0 Å². The van der Waals surface area contributed by atoms with E-state index >= 15 is 0 Å². The molecule has 0 aliphatic heterocycles. The van der Waals surface area contributed by atoms with Gasteiger partial charge in [-0.05, 0) is 83.7 Å². The van der Waals surface area contributed by atoms with E-state index in [1.54, 1.807) is 0 Å². The number of amides is 1. The molecule has 0 aliphatic carbocycles. The highest BCUT2D eigenvalue weighted by molar-refractivity contribution is 9.10. The second-order valence-electron chi connectivity index (χ2n) is 7.19. The Hall–Kier alpha value is -2.50. The zero-order valence-electron chi connectivity index (χ0n) is 17.2. The van der Waals surface area contributed by atoms with Crippen LogP contribution in [0.25, 0.3) is 0 Å². The molecule has 0 radical (unpaired) electrons. The van der Waals surface area contributed by atoms with Crippen molar-refractivity contribution in [2.24, 2.45) is 0 Å². The number of benzene rings is 3. The van der Waals surface area contributed by atoms with Gasteiger partial charge in [-0.3, -0.25) is 4.79 Å². The predicted octanol–water partition coefficient (Wildman–Crippen LogP) is 6.66. The fraction of sp³-hybridized carbons (Fsp3) is 0.208. The number of nitrogens with one attached hydrogen (secondary N) is 2. The topological polar surface area (TPSA) is 50.4 Å². The number of aryl methyl sites for hydroxylation is 2. The normalized spacial score (nSPS) is 10.6. The van der Waals surface area contributed by atoms with Crippen LogP contribution < -0.4 is 15.4 Å². The molecule has 0 saturated heterocycles. The highest BCUT2D eigenvalue weighted by atomic mass is 79.9. The molecule has 2 N–H and O–H groups in total. The summed E-state index contributed by atoms with van der Waals surface area (Å²) in [5, 5.41) is 7.02. The molecule has 0 spiro atoms. The number of anilines is 2. The van der Waals surface area contributed by atoms with Crippen molar-refractivity contribution >= 4 is 44.8 Å². The maximum atomic E-state index is 12.2. The minimum Gasteiger partial charge on any atom is -0.483 e. The van der Waals surface area contributed by atoms with Crippen molar-refractivity contribution in [3.8, 4) is 5.75 Å². The monoisotopic (exact) mass is 486 g/mol. The minimum atomic E-state index is -0.198. The molecule has 3 aromatic carbocycles. The Kier molecular flexibility index (Phi) is 7.40. The van der Waals surface area contributed by atoms with E-state index in [0.717, 1.165) is 43.1 Å². The average Bonchev–Trinajstić information content (AvgIpc) is 2.70. The van der Waals surface area contributed by atoms with Crippen LogP contribution in [0.4, 0.5) is 11.4 Å². The summed E-state index contributed by atoms with van der Waals surface area (Å²) in [7, 11) is 0. The van der Waals surface area contributed by atoms with Gasteiger partial charge < -0.3 is 15.4 Å². The van der Waals surface area contributed by atoms with E-state index in [2.05, 4.69) is 26.6 Å². The van der Waals surface area contributed by atoms with Gasteiger partial charge in [0.15, 0.2) is 6.61 Å². The summed E-state index contributed by atoms with van der Waals surface area (Å²) in [4.78, 5) is 12.2. The molecule has 0 unspecified atom stereocenters. The lowest BCUT2D eigenvalue weighted by atomic mass is 10.1. The van der Waals surface area contributed by atoms with Crippen LogP contribution in [0, 0.1) is 20.8 Å². The lowest BCUT2D eigenvalue weighted by Crippen LogP contribution is -2.20. The first kappa shape index (κ1) is 22.2. The molecule has 0 aliphatic rings. The van der Waals surface area contributed by atoms with Gasteiger partial charge in [-0.1, -0.05) is 41.4 Å². The van der Waals surface area contributed by atoms with E-state index in [0.29, 0.717) is 12.3 Å². The molecule has 4 nitrogen and oxygen atoms in total. The molecule has 3 rings (SSSR count). The second kappa shape index (κ2) is 10.0. The van der Waals surface area contributed by atoms with Crippen molar-refractivity contribution in [2.75, 3.05) is 17.2 Å². The SMILES string of the molecule is Cc1ccc(NC(=O)COc2ccc(CNc3cccc(Cl)c3C)cc2Br)c(C)c1. The van der Waals surface area contributed by atoms with Crippen molar-refractivity contribution in [1.29, 1.82) is 0 Å². The molecule has 156 valence electrons. The summed E-state index contributed by atoms with van der Waals surface area (Å²) in [6, 6.07) is 17.5. The number of hydrogen-bond donors (Lipinski definition) is 2. The molecular weight excluding hydrogens is 464 g/mol. The smallest absolute Gasteiger partial charge is 0.262 e. The summed E-state index contributed by atoms with van der Waals surface area (Å²) < 4.78 is 6.49. The van der Waals surface area contributed by atoms with E-state index in [1.807, 2.05) is 75.4 Å². The summed E-state index contributed by atoms with van der Waals surface area (Å²) in [6.07, 6.45) is 0. The summed E-state index contributed by atoms with van der Waals surface area (Å²) in [6.45, 7) is 6.56. The Labute approximate surface area is 190 Å². The van der Waals surface area contributed by atoms with Gasteiger partial charge >= 0.3 is 0 Å². The van der Waals surface area contributed by atoms with E-state index in [-0.39, 0.29) is 12.5 Å². The van der Waals surface area contributed by atoms with Gasteiger partial charge in [-0.15, -0.1) is 0 Å². The Balaban J connectivity index is 1.56. The molecule has 0 bridgehead atoms. The van der Waals surface area contributed by atoms with Gasteiger partial charge in [0.25, 0.3) is 5.91 Å². The summed E-state index contributed by atoms with van der Waals surface area (Å²) in [5.41, 5.74) is 6.08. The van der Waals surface area contributed by atoms with Crippen molar-refractivity contribution in [1.82, 2.24) is 0 Å². The van der Waals surface area contributed by atoms with Gasteiger partial charge in [0.1, 0.15) is 5.75 Å². The van der Waals surface area contributed by atoms with Gasteiger partial charge in [0.05, 0.1) is 4.47 Å². The van der Waals surface area contributed by atoms with E-state index < -0.39 is 0 Å². The maximum Gasteiger partial charge on any atom is 0.262 e. The van der Waals surface area contributed by atoms with Gasteiger partial charge in [-0.2, -0.15) is 0 Å². The number of ether oxygens (including phenoxy) is 1. The largest absolute Gasteiger partial charge is 0.483 e. The first-order chi connectivity index (χ1) is 14.3. The number of carbonyl (C=O) groups excluding carboxylic acids is 1. The quantitative estimate of drug-likeness (QED) is 0.392. The van der Waals surface area contributed by atoms with Crippen molar-refractivity contribution < 1.29 is 9.53 Å². The lowest BCUT2D eigenvalue weighted by Gasteiger charge is -2.13. The first-order valence-electron chi connectivity index (χ1n) is 9.61. The third-order valence-corrected chi connectivity index (χ3v) is 5.79. The lowest BCUT2D eigenvalue weighted by molar-refractivity contribution is -0.118. The molecule has 30 heavy (non-hydrogen) atoms. The van der Waals surface area contributed by atoms with Crippen LogP contribution in [0.1, 0.15) is 22.3 Å². The Morgan fingerprint density at radius 2 is 1.83 bits per heavy atom. The third-order valence-electron chi connectivity index (χ3n) is 4.76. The van der Waals surface area contributed by atoms with Crippen LogP contribution in [0.15, 0.2) is 59.1 Å². The highest BCUT2D eigenvalue weighted by Crippen LogP contribution is 2.28. The van der Waals surface area contributed by atoms with Crippen LogP contribution in [-0.4, -0.2) is 12.5 Å². The molecule has 0 atom stereocenters. The number of hydrogen-bond acceptors (Lipinski definition) is 3. The Bertz CT molecular complexity index is 1070. The molecule has 0 saturated carbocycles. The van der Waals surface area contributed by atoms with E-state index in [1.165, 1.54) is 0 Å². The van der Waals surface area contributed by atoms with E-state index in [9.17, 15) is 4.79 Å². The van der Waals surface area contributed by atoms with Gasteiger partial charge in [0.2, 0.25) is 0 Å². The standard InChI is InChI=1S/C24H24BrClN2O2/c1-15-7-9-21(16(2)11-15)28-24(29)14-30-23-10-8-18(12-19(23)25)13-27-22-6-4-5-20(26)17(22)3/h4-12,27H,13-14H2,1-3H3,(H,28,29). The number of rotatable bonds is 7. The second-order valence-corrected chi connectivity index (χ2v) is 8.45. The fourth-order valence-electron chi connectivity index (χ4n) is 3.05. The summed E-state index contributed by atoms with van der Waals surface area (Å²) in [5.74, 6) is 0.421. The molecule has 0 fully saturated rings. The summed E-state index contributed by atoms with van der Waals surface area (Å²) >= 11 is 9.70. The maximum absolute atomic E-state index is 12.2.